The number of rotatable bonds is 3. The van der Waals surface area contributed by atoms with E-state index in [1.807, 2.05) is 72.8 Å². The Morgan fingerprint density at radius 3 is 2.48 bits per heavy atom. The highest BCUT2D eigenvalue weighted by Gasteiger charge is 2.43. The van der Waals surface area contributed by atoms with Crippen molar-refractivity contribution in [1.29, 1.82) is 0 Å². The molecule has 0 bridgehead atoms. The van der Waals surface area contributed by atoms with Crippen LogP contribution >= 0.6 is 0 Å². The van der Waals surface area contributed by atoms with Crippen molar-refractivity contribution >= 4 is 23.1 Å². The number of anilines is 2. The Bertz CT molecular complexity index is 1230. The summed E-state index contributed by atoms with van der Waals surface area (Å²) in [5.74, 6) is -0.00722. The lowest BCUT2D eigenvalue weighted by Crippen LogP contribution is -2.40. The Morgan fingerprint density at radius 2 is 1.73 bits per heavy atom. The Hall–Kier alpha value is -3.73. The molecular weight excluding hydrogens is 410 g/mol. The summed E-state index contributed by atoms with van der Waals surface area (Å²) in [7, 11) is 0. The summed E-state index contributed by atoms with van der Waals surface area (Å²) in [6.07, 6.45) is 3.12. The summed E-state index contributed by atoms with van der Waals surface area (Å²) in [6.45, 7) is 4.22. The zero-order valence-corrected chi connectivity index (χ0v) is 18.9. The first kappa shape index (κ1) is 21.1. The van der Waals surface area contributed by atoms with Gasteiger partial charge in [0.05, 0.1) is 23.5 Å². The van der Waals surface area contributed by atoms with Crippen LogP contribution in [0.15, 0.2) is 90.3 Å². The van der Waals surface area contributed by atoms with Crippen molar-refractivity contribution in [2.45, 2.75) is 39.2 Å². The summed E-state index contributed by atoms with van der Waals surface area (Å²) in [4.78, 5) is 33.9. The minimum Gasteiger partial charge on any atom is -0.357 e. The molecule has 1 atom stereocenters. The van der Waals surface area contributed by atoms with Gasteiger partial charge in [0.25, 0.3) is 0 Å². The number of ketones is 1. The second-order valence-electron chi connectivity index (χ2n) is 9.56. The number of hydrogen-bond acceptors (Lipinski definition) is 4. The van der Waals surface area contributed by atoms with Gasteiger partial charge in [0.15, 0.2) is 5.78 Å². The Labute approximate surface area is 194 Å². The number of nitrogens with one attached hydrogen (secondary N) is 1. The third kappa shape index (κ3) is 4.07. The highest BCUT2D eigenvalue weighted by Crippen LogP contribution is 2.48. The molecule has 0 saturated heterocycles. The molecule has 0 fully saturated rings. The largest absolute Gasteiger partial charge is 0.357 e. The van der Waals surface area contributed by atoms with Crippen LogP contribution < -0.4 is 10.2 Å². The fraction of sp³-hybridized carbons (Fsp3) is 0.250. The van der Waals surface area contributed by atoms with Crippen LogP contribution in [0.3, 0.4) is 0 Å². The minimum atomic E-state index is -0.586. The molecule has 0 unspecified atom stereocenters. The van der Waals surface area contributed by atoms with Crippen LogP contribution in [0.4, 0.5) is 11.4 Å². The number of carbonyl (C=O) groups is 2. The Kier molecular flexibility index (Phi) is 5.33. The van der Waals surface area contributed by atoms with Gasteiger partial charge in [-0.05, 0) is 41.7 Å². The predicted molar refractivity (Wildman–Crippen MR) is 130 cm³/mol. The van der Waals surface area contributed by atoms with Gasteiger partial charge in [-0.25, -0.2) is 0 Å². The van der Waals surface area contributed by atoms with Crippen molar-refractivity contribution in [1.82, 2.24) is 4.98 Å². The van der Waals surface area contributed by atoms with Crippen LogP contribution in [0.25, 0.3) is 0 Å². The molecule has 33 heavy (non-hydrogen) atoms. The van der Waals surface area contributed by atoms with E-state index in [4.69, 9.17) is 0 Å². The van der Waals surface area contributed by atoms with Crippen LogP contribution in [-0.4, -0.2) is 16.7 Å². The van der Waals surface area contributed by atoms with E-state index in [0.717, 1.165) is 29.1 Å². The topological polar surface area (TPSA) is 62.3 Å². The van der Waals surface area contributed by atoms with Crippen molar-refractivity contribution < 1.29 is 9.59 Å². The highest BCUT2D eigenvalue weighted by atomic mass is 16.2. The zero-order chi connectivity index (χ0) is 23.0. The van der Waals surface area contributed by atoms with Gasteiger partial charge in [0.1, 0.15) is 6.04 Å². The van der Waals surface area contributed by atoms with Crippen LogP contribution in [0.5, 0.6) is 0 Å². The van der Waals surface area contributed by atoms with E-state index < -0.39 is 6.04 Å². The van der Waals surface area contributed by atoms with E-state index in [0.29, 0.717) is 17.7 Å². The van der Waals surface area contributed by atoms with Gasteiger partial charge in [-0.15, -0.1) is 0 Å². The van der Waals surface area contributed by atoms with Gasteiger partial charge in [-0.1, -0.05) is 62.4 Å². The van der Waals surface area contributed by atoms with E-state index in [-0.39, 0.29) is 23.5 Å². The van der Waals surface area contributed by atoms with Crippen LogP contribution in [0, 0.1) is 5.41 Å². The van der Waals surface area contributed by atoms with E-state index >= 15 is 0 Å². The normalized spacial score (nSPS) is 19.3. The second-order valence-corrected chi connectivity index (χ2v) is 9.56. The van der Waals surface area contributed by atoms with E-state index in [2.05, 4.69) is 24.1 Å². The molecule has 2 aromatic carbocycles. The lowest BCUT2D eigenvalue weighted by atomic mass is 9.73. The van der Waals surface area contributed by atoms with Crippen LogP contribution in [-0.2, 0) is 16.0 Å². The number of Topliss-reactive ketones (excluding diaryl/α,β-unsaturated/α-hetero) is 1. The quantitative estimate of drug-likeness (QED) is 0.590. The molecule has 0 radical (unpaired) electrons. The highest BCUT2D eigenvalue weighted by molar-refractivity contribution is 6.06. The maximum atomic E-state index is 13.9. The van der Waals surface area contributed by atoms with Gasteiger partial charge < -0.3 is 5.32 Å². The Balaban J connectivity index is 1.71. The fourth-order valence-electron chi connectivity index (χ4n) is 4.94. The smallest absolute Gasteiger partial charge is 0.232 e. The van der Waals surface area contributed by atoms with E-state index in [9.17, 15) is 9.59 Å². The number of hydrogen-bond donors (Lipinski definition) is 1. The van der Waals surface area contributed by atoms with Crippen molar-refractivity contribution in [3.8, 4) is 0 Å². The fourth-order valence-corrected chi connectivity index (χ4v) is 4.94. The van der Waals surface area contributed by atoms with Gasteiger partial charge in [-0.3, -0.25) is 19.5 Å². The average Bonchev–Trinajstić information content (AvgIpc) is 2.94. The molecule has 1 aliphatic carbocycles. The first-order chi connectivity index (χ1) is 15.9. The molecule has 3 aromatic rings. The molecule has 5 heteroatoms. The molecule has 1 amide bonds. The van der Waals surface area contributed by atoms with Crippen LogP contribution in [0.2, 0.25) is 0 Å². The third-order valence-electron chi connectivity index (χ3n) is 6.34. The summed E-state index contributed by atoms with van der Waals surface area (Å²) in [6, 6.07) is 22.6. The molecule has 1 N–H and O–H groups in total. The number of carbonyl (C=O) groups excluding carboxylic acids is 2. The van der Waals surface area contributed by atoms with Crippen molar-refractivity contribution in [2.24, 2.45) is 5.41 Å². The maximum absolute atomic E-state index is 13.9. The SMILES string of the molecule is CC1(C)CC(=O)C2=C(C1)Nc1ccccc1N(C(=O)Cc1ccccc1)[C@@H]2c1ccccn1. The van der Waals surface area contributed by atoms with Gasteiger partial charge in [0.2, 0.25) is 5.91 Å². The first-order valence-corrected chi connectivity index (χ1v) is 11.3. The van der Waals surface area contributed by atoms with Crippen LogP contribution in [0.1, 0.15) is 44.0 Å². The number of nitrogens with zero attached hydrogens (tertiary/aromatic N) is 2. The number of benzene rings is 2. The summed E-state index contributed by atoms with van der Waals surface area (Å²) in [5.41, 5.74) is 4.58. The molecule has 166 valence electrons. The predicted octanol–water partition coefficient (Wildman–Crippen LogP) is 5.47. The number of pyridine rings is 1. The van der Waals surface area contributed by atoms with E-state index in [1.54, 1.807) is 11.1 Å². The number of amides is 1. The summed E-state index contributed by atoms with van der Waals surface area (Å²) < 4.78 is 0. The minimum absolute atomic E-state index is 0.0646. The number of allylic oxidation sites excluding steroid dienone is 1. The lowest BCUT2D eigenvalue weighted by molar-refractivity contribution is -0.119. The molecule has 2 heterocycles. The lowest BCUT2D eigenvalue weighted by Gasteiger charge is -2.36. The molecule has 0 spiro atoms. The Morgan fingerprint density at radius 1 is 1.00 bits per heavy atom. The first-order valence-electron chi connectivity index (χ1n) is 11.3. The average molecular weight is 438 g/mol. The van der Waals surface area contributed by atoms with Crippen molar-refractivity contribution in [3.63, 3.8) is 0 Å². The van der Waals surface area contributed by atoms with Gasteiger partial charge >= 0.3 is 0 Å². The zero-order valence-electron chi connectivity index (χ0n) is 18.9. The second kappa shape index (κ2) is 8.32. The number of aromatic nitrogens is 1. The molecule has 1 aliphatic heterocycles. The molecule has 5 nitrogen and oxygen atoms in total. The molecular formula is C28H27N3O2. The summed E-state index contributed by atoms with van der Waals surface area (Å²) in [5, 5.41) is 3.53. The standard InChI is InChI=1S/C28H27N3O2/c1-28(2)17-22-26(24(32)18-28)27(21-13-8-9-15-29-21)31(23-14-7-6-12-20(23)30-22)25(33)16-19-10-4-3-5-11-19/h3-15,27,30H,16-18H2,1-2H3/t27-/m1/s1. The molecule has 1 aromatic heterocycles. The molecule has 5 rings (SSSR count). The molecule has 0 saturated carbocycles. The van der Waals surface area contributed by atoms with Crippen molar-refractivity contribution in [2.75, 3.05) is 10.2 Å². The van der Waals surface area contributed by atoms with Gasteiger partial charge in [0, 0.05) is 23.9 Å². The van der Waals surface area contributed by atoms with Gasteiger partial charge in [-0.2, -0.15) is 0 Å². The van der Waals surface area contributed by atoms with Crippen molar-refractivity contribution in [3.05, 3.63) is 102 Å². The summed E-state index contributed by atoms with van der Waals surface area (Å²) >= 11 is 0. The molecule has 2 aliphatic rings. The number of fused-ring (bicyclic) bond motifs is 1. The monoisotopic (exact) mass is 437 g/mol. The number of para-hydroxylation sites is 2. The third-order valence-corrected chi connectivity index (χ3v) is 6.34. The van der Waals surface area contributed by atoms with E-state index in [1.165, 1.54) is 0 Å². The maximum Gasteiger partial charge on any atom is 0.232 e.